The highest BCUT2D eigenvalue weighted by Crippen LogP contribution is 2.13. The molecule has 1 atom stereocenters. The van der Waals surface area contributed by atoms with Gasteiger partial charge in [0.05, 0.1) is 12.7 Å². The quantitative estimate of drug-likeness (QED) is 0.860. The Morgan fingerprint density at radius 1 is 1.42 bits per heavy atom. The molecular formula is C14H21ClN2O2. The summed E-state index contributed by atoms with van der Waals surface area (Å²) < 4.78 is 4.67. The minimum atomic E-state index is -0.290. The molecule has 1 aliphatic rings. The monoisotopic (exact) mass is 284 g/mol. The van der Waals surface area contributed by atoms with Gasteiger partial charge in [-0.3, -0.25) is 4.90 Å². The highest BCUT2D eigenvalue weighted by atomic mass is 35.5. The number of nitrogens with zero attached hydrogens (tertiary/aromatic N) is 1. The van der Waals surface area contributed by atoms with Crippen LogP contribution in [0.2, 0.25) is 0 Å². The molecule has 1 aromatic carbocycles. The van der Waals surface area contributed by atoms with E-state index in [-0.39, 0.29) is 18.4 Å². The van der Waals surface area contributed by atoms with E-state index >= 15 is 0 Å². The van der Waals surface area contributed by atoms with Gasteiger partial charge in [-0.2, -0.15) is 0 Å². The molecule has 2 rings (SSSR count). The molecular weight excluding hydrogens is 264 g/mol. The van der Waals surface area contributed by atoms with Crippen molar-refractivity contribution in [2.75, 3.05) is 20.2 Å². The second-order valence-electron chi connectivity index (χ2n) is 4.83. The van der Waals surface area contributed by atoms with Gasteiger partial charge >= 0.3 is 5.97 Å². The number of hydrogen-bond donors (Lipinski definition) is 1. The second-order valence-corrected chi connectivity index (χ2v) is 4.83. The first kappa shape index (κ1) is 16.0. The summed E-state index contributed by atoms with van der Waals surface area (Å²) in [5, 5.41) is 0. The second kappa shape index (κ2) is 7.48. The van der Waals surface area contributed by atoms with Crippen molar-refractivity contribution < 1.29 is 9.53 Å². The lowest BCUT2D eigenvalue weighted by atomic mass is 10.1. The molecule has 1 unspecified atom stereocenters. The smallest absolute Gasteiger partial charge is 0.337 e. The summed E-state index contributed by atoms with van der Waals surface area (Å²) in [6.45, 7) is 2.96. The lowest BCUT2D eigenvalue weighted by molar-refractivity contribution is 0.0600. The van der Waals surface area contributed by atoms with Crippen molar-refractivity contribution >= 4 is 18.4 Å². The van der Waals surface area contributed by atoms with Crippen LogP contribution < -0.4 is 5.73 Å². The van der Waals surface area contributed by atoms with Crippen molar-refractivity contribution in [2.24, 2.45) is 5.73 Å². The lowest BCUT2D eigenvalue weighted by Gasteiger charge is -2.30. The molecule has 0 saturated carbocycles. The fraction of sp³-hybridized carbons (Fsp3) is 0.500. The number of benzene rings is 1. The van der Waals surface area contributed by atoms with Gasteiger partial charge in [-0.15, -0.1) is 12.4 Å². The van der Waals surface area contributed by atoms with E-state index in [1.807, 2.05) is 24.3 Å². The van der Waals surface area contributed by atoms with Gasteiger partial charge in [0.2, 0.25) is 0 Å². The molecule has 0 bridgehead atoms. The first-order valence-corrected chi connectivity index (χ1v) is 6.34. The molecule has 1 saturated heterocycles. The third-order valence-electron chi connectivity index (χ3n) is 3.32. The number of methoxy groups -OCH3 is 1. The van der Waals surface area contributed by atoms with E-state index in [1.54, 1.807) is 0 Å². The first-order chi connectivity index (χ1) is 8.69. The molecule has 0 amide bonds. The van der Waals surface area contributed by atoms with Crippen LogP contribution >= 0.6 is 12.4 Å². The summed E-state index contributed by atoms with van der Waals surface area (Å²) in [5.74, 6) is -0.290. The van der Waals surface area contributed by atoms with Crippen molar-refractivity contribution in [1.82, 2.24) is 4.90 Å². The lowest BCUT2D eigenvalue weighted by Crippen LogP contribution is -2.42. The predicted molar refractivity (Wildman–Crippen MR) is 77.5 cm³/mol. The van der Waals surface area contributed by atoms with Crippen LogP contribution in [0.25, 0.3) is 0 Å². The Morgan fingerprint density at radius 2 is 2.11 bits per heavy atom. The van der Waals surface area contributed by atoms with Gasteiger partial charge in [-0.1, -0.05) is 12.1 Å². The van der Waals surface area contributed by atoms with Gasteiger partial charge in [0.15, 0.2) is 0 Å². The molecule has 0 aliphatic carbocycles. The molecule has 2 N–H and O–H groups in total. The van der Waals surface area contributed by atoms with Gasteiger partial charge in [0.1, 0.15) is 0 Å². The molecule has 1 aromatic rings. The van der Waals surface area contributed by atoms with Crippen molar-refractivity contribution in [1.29, 1.82) is 0 Å². The maximum atomic E-state index is 11.3. The Kier molecular flexibility index (Phi) is 6.28. The Balaban J connectivity index is 0.00000180. The van der Waals surface area contributed by atoms with Crippen LogP contribution in [-0.2, 0) is 11.3 Å². The van der Waals surface area contributed by atoms with Crippen LogP contribution in [0.15, 0.2) is 24.3 Å². The average Bonchev–Trinajstić information content (AvgIpc) is 2.39. The fourth-order valence-corrected chi connectivity index (χ4v) is 2.36. The largest absolute Gasteiger partial charge is 0.465 e. The molecule has 0 radical (unpaired) electrons. The topological polar surface area (TPSA) is 55.6 Å². The van der Waals surface area contributed by atoms with Crippen LogP contribution in [0.5, 0.6) is 0 Å². The van der Waals surface area contributed by atoms with Crippen LogP contribution in [-0.4, -0.2) is 37.1 Å². The van der Waals surface area contributed by atoms with Crippen molar-refractivity contribution in [3.8, 4) is 0 Å². The number of likely N-dealkylation sites (tertiary alicyclic amines) is 1. The van der Waals surface area contributed by atoms with E-state index in [1.165, 1.54) is 19.1 Å². The third-order valence-corrected chi connectivity index (χ3v) is 3.32. The number of carbonyl (C=O) groups excluding carboxylic acids is 1. The fourth-order valence-electron chi connectivity index (χ4n) is 2.36. The van der Waals surface area contributed by atoms with Crippen molar-refractivity contribution in [3.63, 3.8) is 0 Å². The normalized spacial score (nSPS) is 19.6. The Hall–Kier alpha value is -1.10. The van der Waals surface area contributed by atoms with E-state index < -0.39 is 0 Å². The Labute approximate surface area is 120 Å². The number of halogens is 1. The highest BCUT2D eigenvalue weighted by molar-refractivity contribution is 5.89. The first-order valence-electron chi connectivity index (χ1n) is 6.34. The Morgan fingerprint density at radius 3 is 2.68 bits per heavy atom. The minimum Gasteiger partial charge on any atom is -0.465 e. The zero-order chi connectivity index (χ0) is 13.0. The maximum Gasteiger partial charge on any atom is 0.337 e. The summed E-state index contributed by atoms with van der Waals surface area (Å²) in [4.78, 5) is 13.7. The Bertz CT molecular complexity index is 408. The summed E-state index contributed by atoms with van der Waals surface area (Å²) in [6.07, 6.45) is 2.29. The summed E-state index contributed by atoms with van der Waals surface area (Å²) in [6, 6.07) is 7.88. The highest BCUT2D eigenvalue weighted by Gasteiger charge is 2.16. The standard InChI is InChI=1S/C14H20N2O2.ClH/c1-18-14(17)12-6-4-11(5-7-12)9-16-8-2-3-13(15)10-16;/h4-7,13H,2-3,8-10,15H2,1H3;1H. The number of hydrogen-bond acceptors (Lipinski definition) is 4. The van der Waals surface area contributed by atoms with Gasteiger partial charge in [0, 0.05) is 19.1 Å². The van der Waals surface area contributed by atoms with E-state index in [0.29, 0.717) is 11.6 Å². The number of esters is 1. The molecule has 0 aromatic heterocycles. The molecule has 1 fully saturated rings. The third kappa shape index (κ3) is 4.49. The molecule has 1 aliphatic heterocycles. The van der Waals surface area contributed by atoms with E-state index in [4.69, 9.17) is 5.73 Å². The zero-order valence-corrected chi connectivity index (χ0v) is 12.0. The zero-order valence-electron chi connectivity index (χ0n) is 11.2. The number of nitrogens with two attached hydrogens (primary N) is 1. The van der Waals surface area contributed by atoms with Gasteiger partial charge < -0.3 is 10.5 Å². The van der Waals surface area contributed by atoms with Crippen LogP contribution in [0.1, 0.15) is 28.8 Å². The molecule has 0 spiro atoms. The summed E-state index contributed by atoms with van der Waals surface area (Å²) >= 11 is 0. The number of ether oxygens (including phenoxy) is 1. The SMILES string of the molecule is COC(=O)c1ccc(CN2CCCC(N)C2)cc1.Cl. The number of rotatable bonds is 3. The van der Waals surface area contributed by atoms with Crippen LogP contribution in [0, 0.1) is 0 Å². The molecule has 106 valence electrons. The van der Waals surface area contributed by atoms with Gasteiger partial charge in [-0.25, -0.2) is 4.79 Å². The maximum absolute atomic E-state index is 11.3. The molecule has 4 nitrogen and oxygen atoms in total. The number of carbonyl (C=O) groups is 1. The van der Waals surface area contributed by atoms with Crippen molar-refractivity contribution in [3.05, 3.63) is 35.4 Å². The number of piperidine rings is 1. The summed E-state index contributed by atoms with van der Waals surface area (Å²) in [5.41, 5.74) is 7.76. The van der Waals surface area contributed by atoms with Gasteiger partial charge in [-0.05, 0) is 37.1 Å². The summed E-state index contributed by atoms with van der Waals surface area (Å²) in [7, 11) is 1.39. The van der Waals surface area contributed by atoms with E-state index in [2.05, 4.69) is 9.64 Å². The molecule has 1 heterocycles. The van der Waals surface area contributed by atoms with Crippen LogP contribution in [0.4, 0.5) is 0 Å². The van der Waals surface area contributed by atoms with Crippen molar-refractivity contribution in [2.45, 2.75) is 25.4 Å². The van der Waals surface area contributed by atoms with Gasteiger partial charge in [0.25, 0.3) is 0 Å². The predicted octanol–water partition coefficient (Wildman–Crippen LogP) is 1.82. The van der Waals surface area contributed by atoms with Crippen LogP contribution in [0.3, 0.4) is 0 Å². The minimum absolute atomic E-state index is 0. The molecule has 5 heteroatoms. The van der Waals surface area contributed by atoms with E-state index in [9.17, 15) is 4.79 Å². The average molecular weight is 285 g/mol. The molecule has 19 heavy (non-hydrogen) atoms. The van der Waals surface area contributed by atoms with E-state index in [0.717, 1.165) is 26.1 Å².